The Morgan fingerprint density at radius 1 is 1.20 bits per heavy atom. The Hall–Kier alpha value is -2.83. The van der Waals surface area contributed by atoms with E-state index in [9.17, 15) is 9.59 Å². The molecule has 0 amide bonds. The summed E-state index contributed by atoms with van der Waals surface area (Å²) in [5.41, 5.74) is 1.00. The van der Waals surface area contributed by atoms with Crippen LogP contribution in [0.1, 0.15) is 20.8 Å². The lowest BCUT2D eigenvalue weighted by molar-refractivity contribution is 0.0553. The first-order chi connectivity index (χ1) is 9.67. The van der Waals surface area contributed by atoms with Crippen molar-refractivity contribution in [3.8, 4) is 0 Å². The van der Waals surface area contributed by atoms with Gasteiger partial charge in [-0.3, -0.25) is 0 Å². The standard InChI is InChI=1S/C13H10N2O5/c1-18-12(16)9-10(13(17)19-2)14-15-5-3-8-7(11(9)15)4-6-20-8/h3-6H,1-2H3. The Morgan fingerprint density at radius 3 is 2.65 bits per heavy atom. The SMILES string of the molecule is COC(=O)c1nn2ccc3occc3c2c1C(=O)OC. The van der Waals surface area contributed by atoms with Crippen LogP contribution in [0.3, 0.4) is 0 Å². The highest BCUT2D eigenvalue weighted by atomic mass is 16.5. The fourth-order valence-corrected chi connectivity index (χ4v) is 2.12. The minimum atomic E-state index is -0.703. The van der Waals surface area contributed by atoms with Crippen molar-refractivity contribution < 1.29 is 23.5 Å². The van der Waals surface area contributed by atoms with Crippen LogP contribution < -0.4 is 0 Å². The van der Waals surface area contributed by atoms with Crippen molar-refractivity contribution in [3.63, 3.8) is 0 Å². The van der Waals surface area contributed by atoms with E-state index in [-0.39, 0.29) is 11.3 Å². The quantitative estimate of drug-likeness (QED) is 0.661. The average molecular weight is 274 g/mol. The molecule has 0 aliphatic carbocycles. The molecule has 0 radical (unpaired) electrons. The zero-order valence-electron chi connectivity index (χ0n) is 10.7. The van der Waals surface area contributed by atoms with Crippen LogP contribution >= 0.6 is 0 Å². The Morgan fingerprint density at radius 2 is 1.95 bits per heavy atom. The van der Waals surface area contributed by atoms with Gasteiger partial charge in [0.25, 0.3) is 0 Å². The van der Waals surface area contributed by atoms with Crippen molar-refractivity contribution in [2.45, 2.75) is 0 Å². The van der Waals surface area contributed by atoms with Gasteiger partial charge < -0.3 is 13.9 Å². The van der Waals surface area contributed by atoms with E-state index in [0.717, 1.165) is 0 Å². The van der Waals surface area contributed by atoms with Gasteiger partial charge in [0.05, 0.1) is 26.0 Å². The van der Waals surface area contributed by atoms with Crippen molar-refractivity contribution in [2.75, 3.05) is 14.2 Å². The predicted molar refractivity (Wildman–Crippen MR) is 67.6 cm³/mol. The molecule has 0 N–H and O–H groups in total. The van der Waals surface area contributed by atoms with E-state index in [4.69, 9.17) is 9.15 Å². The summed E-state index contributed by atoms with van der Waals surface area (Å²) in [5, 5.41) is 4.74. The van der Waals surface area contributed by atoms with E-state index in [1.54, 1.807) is 18.3 Å². The molecule has 0 spiro atoms. The maximum Gasteiger partial charge on any atom is 0.359 e. The number of fused-ring (bicyclic) bond motifs is 3. The zero-order valence-corrected chi connectivity index (χ0v) is 10.7. The van der Waals surface area contributed by atoms with E-state index in [0.29, 0.717) is 16.5 Å². The van der Waals surface area contributed by atoms with Crippen LogP contribution in [0.2, 0.25) is 0 Å². The number of methoxy groups -OCH3 is 2. The van der Waals surface area contributed by atoms with Crippen LogP contribution in [-0.2, 0) is 9.47 Å². The molecule has 0 unspecified atom stereocenters. The Balaban J connectivity index is 2.46. The Bertz CT molecular complexity index is 830. The van der Waals surface area contributed by atoms with Crippen molar-refractivity contribution in [3.05, 3.63) is 35.9 Å². The lowest BCUT2D eigenvalue weighted by atomic mass is 10.1. The first-order valence-electron chi connectivity index (χ1n) is 5.72. The molecule has 0 saturated carbocycles. The number of carbonyl (C=O) groups is 2. The molecule has 7 nitrogen and oxygen atoms in total. The smallest absolute Gasteiger partial charge is 0.359 e. The number of furan rings is 1. The van der Waals surface area contributed by atoms with Crippen molar-refractivity contribution in [1.82, 2.24) is 9.61 Å². The summed E-state index contributed by atoms with van der Waals surface area (Å²) in [6.07, 6.45) is 3.09. The van der Waals surface area contributed by atoms with E-state index < -0.39 is 11.9 Å². The van der Waals surface area contributed by atoms with Crippen LogP contribution in [0.15, 0.2) is 29.0 Å². The summed E-state index contributed by atoms with van der Waals surface area (Å²) in [6.45, 7) is 0. The highest BCUT2D eigenvalue weighted by Crippen LogP contribution is 2.27. The minimum Gasteiger partial charge on any atom is -0.465 e. The number of hydrogen-bond acceptors (Lipinski definition) is 6. The molecular weight excluding hydrogens is 264 g/mol. The highest BCUT2D eigenvalue weighted by molar-refractivity contribution is 6.12. The van der Waals surface area contributed by atoms with E-state index in [2.05, 4.69) is 9.84 Å². The molecule has 0 fully saturated rings. The van der Waals surface area contributed by atoms with Crippen molar-refractivity contribution in [1.29, 1.82) is 0 Å². The monoisotopic (exact) mass is 274 g/mol. The minimum absolute atomic E-state index is 0.0614. The number of nitrogens with zero attached hydrogens (tertiary/aromatic N) is 2. The van der Waals surface area contributed by atoms with Crippen molar-refractivity contribution >= 4 is 28.4 Å². The molecule has 3 rings (SSSR count). The number of rotatable bonds is 2. The van der Waals surface area contributed by atoms with Gasteiger partial charge in [0.1, 0.15) is 11.1 Å². The molecule has 3 heterocycles. The van der Waals surface area contributed by atoms with Crippen molar-refractivity contribution in [2.24, 2.45) is 0 Å². The molecule has 0 aliphatic heterocycles. The second kappa shape index (κ2) is 4.37. The summed E-state index contributed by atoms with van der Waals surface area (Å²) >= 11 is 0. The number of aromatic nitrogens is 2. The number of carbonyl (C=O) groups excluding carboxylic acids is 2. The van der Waals surface area contributed by atoms with Gasteiger partial charge in [-0.05, 0) is 12.1 Å². The fourth-order valence-electron chi connectivity index (χ4n) is 2.12. The summed E-state index contributed by atoms with van der Waals surface area (Å²) in [5.74, 6) is -1.36. The average Bonchev–Trinajstić information content (AvgIpc) is 3.08. The second-order valence-electron chi connectivity index (χ2n) is 4.01. The van der Waals surface area contributed by atoms with Gasteiger partial charge in [0.15, 0.2) is 5.69 Å². The van der Waals surface area contributed by atoms with Gasteiger partial charge in [0, 0.05) is 11.6 Å². The van der Waals surface area contributed by atoms with Crippen LogP contribution in [0.5, 0.6) is 0 Å². The number of ether oxygens (including phenoxy) is 2. The topological polar surface area (TPSA) is 83.0 Å². The van der Waals surface area contributed by atoms with E-state index >= 15 is 0 Å². The fraction of sp³-hybridized carbons (Fsp3) is 0.154. The molecule has 3 aromatic heterocycles. The maximum absolute atomic E-state index is 12.0. The summed E-state index contributed by atoms with van der Waals surface area (Å²) in [6, 6.07) is 3.39. The molecule has 3 aromatic rings. The van der Waals surface area contributed by atoms with Gasteiger partial charge in [0.2, 0.25) is 0 Å². The Kier molecular flexibility index (Phi) is 2.67. The largest absolute Gasteiger partial charge is 0.465 e. The van der Waals surface area contributed by atoms with Crippen LogP contribution in [0.4, 0.5) is 0 Å². The van der Waals surface area contributed by atoms with Crippen LogP contribution in [-0.4, -0.2) is 35.8 Å². The molecule has 0 atom stereocenters. The number of esters is 2. The van der Waals surface area contributed by atoms with Gasteiger partial charge >= 0.3 is 11.9 Å². The molecule has 0 bridgehead atoms. The third-order valence-electron chi connectivity index (χ3n) is 3.00. The lowest BCUT2D eigenvalue weighted by Gasteiger charge is -2.00. The summed E-state index contributed by atoms with van der Waals surface area (Å²) < 4.78 is 16.1. The van der Waals surface area contributed by atoms with Crippen LogP contribution in [0, 0.1) is 0 Å². The van der Waals surface area contributed by atoms with Gasteiger partial charge in [-0.2, -0.15) is 5.10 Å². The van der Waals surface area contributed by atoms with Gasteiger partial charge in [-0.15, -0.1) is 0 Å². The normalized spacial score (nSPS) is 10.9. The highest BCUT2D eigenvalue weighted by Gasteiger charge is 2.27. The third kappa shape index (κ3) is 1.56. The second-order valence-corrected chi connectivity index (χ2v) is 4.01. The summed E-state index contributed by atoms with van der Waals surface area (Å²) in [4.78, 5) is 23.8. The number of hydrogen-bond donors (Lipinski definition) is 0. The summed E-state index contributed by atoms with van der Waals surface area (Å²) in [7, 11) is 2.46. The molecule has 7 heteroatoms. The van der Waals surface area contributed by atoms with E-state index in [1.807, 2.05) is 0 Å². The molecular formula is C13H10N2O5. The lowest BCUT2D eigenvalue weighted by Crippen LogP contribution is -2.10. The van der Waals surface area contributed by atoms with Gasteiger partial charge in [-0.25, -0.2) is 14.1 Å². The molecule has 102 valence electrons. The molecule has 0 saturated heterocycles. The van der Waals surface area contributed by atoms with E-state index in [1.165, 1.54) is 25.0 Å². The third-order valence-corrected chi connectivity index (χ3v) is 3.00. The molecule has 20 heavy (non-hydrogen) atoms. The molecule has 0 aromatic carbocycles. The Labute approximate surface area is 112 Å². The number of pyridine rings is 1. The first-order valence-corrected chi connectivity index (χ1v) is 5.72. The first kappa shape index (κ1) is 12.2. The van der Waals surface area contributed by atoms with Crippen LogP contribution in [0.25, 0.3) is 16.5 Å². The zero-order chi connectivity index (χ0) is 14.3. The predicted octanol–water partition coefficient (Wildman–Crippen LogP) is 1.65. The maximum atomic E-state index is 12.0. The van der Waals surface area contributed by atoms with Gasteiger partial charge in [-0.1, -0.05) is 0 Å². The molecule has 0 aliphatic rings.